The maximum Gasteiger partial charge on any atom is 0.349 e. The monoisotopic (exact) mass is 365 g/mol. The van der Waals surface area contributed by atoms with Crippen LogP contribution in [-0.4, -0.2) is 18.6 Å². The van der Waals surface area contributed by atoms with Crippen molar-refractivity contribution in [2.24, 2.45) is 0 Å². The average molecular weight is 365 g/mol. The predicted octanol–water partition coefficient (Wildman–Crippen LogP) is 3.77. The van der Waals surface area contributed by atoms with E-state index in [0.29, 0.717) is 34.8 Å². The number of ether oxygens (including phenoxy) is 2. The Morgan fingerprint density at radius 2 is 2.07 bits per heavy atom. The second kappa shape index (κ2) is 6.79. The van der Waals surface area contributed by atoms with Gasteiger partial charge in [-0.15, -0.1) is 0 Å². The second-order valence-corrected chi connectivity index (χ2v) is 6.46. The van der Waals surface area contributed by atoms with E-state index in [1.165, 1.54) is 6.07 Å². The van der Waals surface area contributed by atoms with Crippen molar-refractivity contribution in [1.29, 1.82) is 0 Å². The lowest BCUT2D eigenvalue weighted by molar-refractivity contribution is 0.102. The van der Waals surface area contributed by atoms with Gasteiger partial charge < -0.3 is 19.2 Å². The molecule has 6 nitrogen and oxygen atoms in total. The molecule has 1 atom stereocenters. The number of rotatable bonds is 4. The van der Waals surface area contributed by atoms with Gasteiger partial charge in [0.05, 0.1) is 12.3 Å². The van der Waals surface area contributed by atoms with Crippen molar-refractivity contribution < 1.29 is 18.7 Å². The highest BCUT2D eigenvalue weighted by Gasteiger charge is 2.23. The fourth-order valence-electron chi connectivity index (χ4n) is 3.22. The zero-order chi connectivity index (χ0) is 19.0. The van der Waals surface area contributed by atoms with Crippen LogP contribution < -0.4 is 20.4 Å². The molecule has 0 aliphatic carbocycles. The molecule has 1 unspecified atom stereocenters. The molecule has 0 spiro atoms. The van der Waals surface area contributed by atoms with Crippen LogP contribution in [0.2, 0.25) is 0 Å². The molecule has 1 aliphatic rings. The van der Waals surface area contributed by atoms with Crippen molar-refractivity contribution in [2.45, 2.75) is 26.4 Å². The minimum atomic E-state index is -0.685. The first-order chi connectivity index (χ1) is 13.0. The zero-order valence-corrected chi connectivity index (χ0v) is 15.1. The summed E-state index contributed by atoms with van der Waals surface area (Å²) >= 11 is 0. The summed E-state index contributed by atoms with van der Waals surface area (Å²) in [6, 6.07) is 12.2. The van der Waals surface area contributed by atoms with Gasteiger partial charge in [-0.25, -0.2) is 4.79 Å². The van der Waals surface area contributed by atoms with Gasteiger partial charge in [0, 0.05) is 23.4 Å². The standard InChI is InChI=1S/C21H19NO5/c1-3-25-19-10-14-8-12(2)26-18(14)11-16(19)22-20(23)15-9-13-6-4-5-7-17(13)27-21(15)24/h4-7,9-12H,3,8H2,1-2H3,(H,22,23). The summed E-state index contributed by atoms with van der Waals surface area (Å²) in [5.74, 6) is 0.709. The number of hydrogen-bond donors (Lipinski definition) is 1. The van der Waals surface area contributed by atoms with Gasteiger partial charge in [0.15, 0.2) is 0 Å². The van der Waals surface area contributed by atoms with Crippen LogP contribution in [0.5, 0.6) is 11.5 Å². The van der Waals surface area contributed by atoms with Crippen LogP contribution in [-0.2, 0) is 6.42 Å². The van der Waals surface area contributed by atoms with Gasteiger partial charge in [0.25, 0.3) is 5.91 Å². The van der Waals surface area contributed by atoms with Crippen molar-refractivity contribution >= 4 is 22.6 Å². The lowest BCUT2D eigenvalue weighted by Gasteiger charge is -2.13. The van der Waals surface area contributed by atoms with E-state index in [2.05, 4.69) is 5.32 Å². The summed E-state index contributed by atoms with van der Waals surface area (Å²) in [7, 11) is 0. The molecule has 1 aromatic heterocycles. The average Bonchev–Trinajstić information content (AvgIpc) is 3.00. The van der Waals surface area contributed by atoms with Crippen LogP contribution in [0.3, 0.4) is 0 Å². The Hall–Kier alpha value is -3.28. The van der Waals surface area contributed by atoms with Crippen LogP contribution >= 0.6 is 0 Å². The van der Waals surface area contributed by atoms with Gasteiger partial charge in [-0.3, -0.25) is 4.79 Å². The van der Waals surface area contributed by atoms with Crippen molar-refractivity contribution in [1.82, 2.24) is 0 Å². The normalized spacial score (nSPS) is 15.3. The van der Waals surface area contributed by atoms with Crippen LogP contribution in [0, 0.1) is 0 Å². The van der Waals surface area contributed by atoms with Gasteiger partial charge in [-0.05, 0) is 32.0 Å². The quantitative estimate of drug-likeness (QED) is 0.712. The molecule has 0 saturated heterocycles. The van der Waals surface area contributed by atoms with E-state index in [1.54, 1.807) is 24.3 Å². The number of fused-ring (bicyclic) bond motifs is 2. The molecule has 0 fully saturated rings. The first-order valence-electron chi connectivity index (χ1n) is 8.85. The molecule has 2 aromatic carbocycles. The van der Waals surface area contributed by atoms with E-state index in [-0.39, 0.29) is 11.7 Å². The van der Waals surface area contributed by atoms with Gasteiger partial charge in [-0.2, -0.15) is 0 Å². The molecule has 0 saturated carbocycles. The first-order valence-corrected chi connectivity index (χ1v) is 8.85. The summed E-state index contributed by atoms with van der Waals surface area (Å²) < 4.78 is 16.7. The third kappa shape index (κ3) is 3.26. The van der Waals surface area contributed by atoms with Crippen LogP contribution in [0.25, 0.3) is 11.0 Å². The number of anilines is 1. The van der Waals surface area contributed by atoms with Gasteiger partial charge in [-0.1, -0.05) is 18.2 Å². The molecular weight excluding hydrogens is 346 g/mol. The summed E-state index contributed by atoms with van der Waals surface area (Å²) in [5.41, 5.74) is 1.19. The molecule has 1 amide bonds. The third-order valence-electron chi connectivity index (χ3n) is 4.43. The van der Waals surface area contributed by atoms with E-state index in [1.807, 2.05) is 26.0 Å². The Kier molecular flexibility index (Phi) is 4.32. The van der Waals surface area contributed by atoms with Crippen molar-refractivity contribution in [3.8, 4) is 11.5 Å². The topological polar surface area (TPSA) is 77.8 Å². The van der Waals surface area contributed by atoms with Crippen molar-refractivity contribution in [3.63, 3.8) is 0 Å². The van der Waals surface area contributed by atoms with Crippen LogP contribution in [0.15, 0.2) is 51.7 Å². The number of carbonyl (C=O) groups is 1. The Morgan fingerprint density at radius 3 is 2.89 bits per heavy atom. The molecule has 27 heavy (non-hydrogen) atoms. The highest BCUT2D eigenvalue weighted by molar-refractivity contribution is 6.06. The molecule has 3 aromatic rings. The second-order valence-electron chi connectivity index (χ2n) is 6.46. The largest absolute Gasteiger partial charge is 0.492 e. The summed E-state index contributed by atoms with van der Waals surface area (Å²) in [6.07, 6.45) is 0.866. The Labute approximate surface area is 155 Å². The number of para-hydroxylation sites is 1. The summed E-state index contributed by atoms with van der Waals surface area (Å²) in [4.78, 5) is 25.0. The molecule has 4 rings (SSSR count). The Bertz CT molecular complexity index is 1090. The molecule has 1 N–H and O–H groups in total. The molecule has 2 heterocycles. The zero-order valence-electron chi connectivity index (χ0n) is 15.1. The molecular formula is C21H19NO5. The predicted molar refractivity (Wildman–Crippen MR) is 102 cm³/mol. The van der Waals surface area contributed by atoms with Crippen molar-refractivity contribution in [2.75, 3.05) is 11.9 Å². The van der Waals surface area contributed by atoms with E-state index >= 15 is 0 Å². The maximum atomic E-state index is 12.7. The summed E-state index contributed by atoms with van der Waals surface area (Å²) in [6.45, 7) is 4.31. The van der Waals surface area contributed by atoms with Gasteiger partial charge in [0.1, 0.15) is 28.7 Å². The van der Waals surface area contributed by atoms with Crippen LogP contribution in [0.4, 0.5) is 5.69 Å². The van der Waals surface area contributed by atoms with E-state index in [9.17, 15) is 9.59 Å². The van der Waals surface area contributed by atoms with E-state index in [4.69, 9.17) is 13.9 Å². The highest BCUT2D eigenvalue weighted by atomic mass is 16.5. The SMILES string of the molecule is CCOc1cc2c(cc1NC(=O)c1cc3ccccc3oc1=O)OC(C)C2. The van der Waals surface area contributed by atoms with E-state index < -0.39 is 11.5 Å². The Balaban J connectivity index is 1.70. The lowest BCUT2D eigenvalue weighted by Crippen LogP contribution is -2.21. The number of benzene rings is 2. The van der Waals surface area contributed by atoms with Crippen molar-refractivity contribution in [3.05, 3.63) is 64.0 Å². The maximum absolute atomic E-state index is 12.7. The smallest absolute Gasteiger partial charge is 0.349 e. The fraction of sp³-hybridized carbons (Fsp3) is 0.238. The van der Waals surface area contributed by atoms with Crippen LogP contribution in [0.1, 0.15) is 29.8 Å². The molecule has 138 valence electrons. The third-order valence-corrected chi connectivity index (χ3v) is 4.43. The minimum absolute atomic E-state index is 0.0640. The fourth-order valence-corrected chi connectivity index (χ4v) is 3.22. The number of amides is 1. The molecule has 6 heteroatoms. The lowest BCUT2D eigenvalue weighted by atomic mass is 10.1. The minimum Gasteiger partial charge on any atom is -0.492 e. The number of carbonyl (C=O) groups excluding carboxylic acids is 1. The Morgan fingerprint density at radius 1 is 1.26 bits per heavy atom. The number of hydrogen-bond acceptors (Lipinski definition) is 5. The summed E-state index contributed by atoms with van der Waals surface area (Å²) in [5, 5.41) is 3.44. The number of nitrogens with one attached hydrogen (secondary N) is 1. The molecule has 0 bridgehead atoms. The van der Waals surface area contributed by atoms with Gasteiger partial charge in [0.2, 0.25) is 0 Å². The highest BCUT2D eigenvalue weighted by Crippen LogP contribution is 2.38. The first kappa shape index (κ1) is 17.1. The molecule has 1 aliphatic heterocycles. The van der Waals surface area contributed by atoms with E-state index in [0.717, 1.165) is 12.0 Å². The van der Waals surface area contributed by atoms with Gasteiger partial charge >= 0.3 is 5.63 Å². The molecule has 0 radical (unpaired) electrons.